The van der Waals surface area contributed by atoms with Gasteiger partial charge in [-0.3, -0.25) is 14.9 Å². The molecule has 1 saturated carbocycles. The normalized spacial score (nSPS) is 21.7. The monoisotopic (exact) mass is 525 g/mol. The first-order valence-electron chi connectivity index (χ1n) is 12.2. The van der Waals surface area contributed by atoms with E-state index in [0.717, 1.165) is 40.9 Å². The lowest BCUT2D eigenvalue weighted by Crippen LogP contribution is -2.53. The summed E-state index contributed by atoms with van der Waals surface area (Å²) in [5.41, 5.74) is 1.000. The van der Waals surface area contributed by atoms with Crippen LogP contribution in [-0.2, 0) is 16.1 Å². The molecule has 0 aromatic heterocycles. The highest BCUT2D eigenvalue weighted by Gasteiger charge is 2.32. The molecule has 1 saturated heterocycles. The van der Waals surface area contributed by atoms with Gasteiger partial charge in [-0.05, 0) is 60.6 Å². The SMILES string of the molecule is COc1ccc(CNC(=O)[C@H](CSCC2CCCCC2)NC(=O)[C@@H]2CSC(CCSC)N2)cc1. The Hall–Kier alpha value is -1.03. The van der Waals surface area contributed by atoms with Crippen LogP contribution in [0.4, 0.5) is 0 Å². The number of nitrogens with one attached hydrogen (secondary N) is 3. The molecule has 1 heterocycles. The van der Waals surface area contributed by atoms with Crippen LogP contribution in [0.1, 0.15) is 44.1 Å². The molecular formula is C25H39N3O3S3. The topological polar surface area (TPSA) is 79.5 Å². The fourth-order valence-electron chi connectivity index (χ4n) is 4.29. The van der Waals surface area contributed by atoms with Crippen molar-refractivity contribution in [2.75, 3.05) is 36.4 Å². The molecule has 190 valence electrons. The molecule has 2 aliphatic rings. The van der Waals surface area contributed by atoms with Crippen molar-refractivity contribution in [3.63, 3.8) is 0 Å². The zero-order valence-corrected chi connectivity index (χ0v) is 22.8. The summed E-state index contributed by atoms with van der Waals surface area (Å²) in [6.45, 7) is 0.427. The van der Waals surface area contributed by atoms with Gasteiger partial charge >= 0.3 is 0 Å². The molecule has 2 fully saturated rings. The minimum atomic E-state index is -0.531. The second-order valence-electron chi connectivity index (χ2n) is 8.99. The minimum absolute atomic E-state index is 0.0676. The van der Waals surface area contributed by atoms with E-state index in [1.165, 1.54) is 32.1 Å². The number of hydrogen-bond acceptors (Lipinski definition) is 7. The zero-order chi connectivity index (χ0) is 24.2. The maximum atomic E-state index is 13.1. The Labute approximate surface area is 217 Å². The highest BCUT2D eigenvalue weighted by Crippen LogP contribution is 2.27. The van der Waals surface area contributed by atoms with E-state index in [9.17, 15) is 9.59 Å². The van der Waals surface area contributed by atoms with Gasteiger partial charge in [0, 0.05) is 18.1 Å². The average Bonchev–Trinajstić information content (AvgIpc) is 3.35. The Balaban J connectivity index is 1.52. The minimum Gasteiger partial charge on any atom is -0.497 e. The molecule has 34 heavy (non-hydrogen) atoms. The third kappa shape index (κ3) is 9.21. The number of rotatable bonds is 13. The smallest absolute Gasteiger partial charge is 0.243 e. The van der Waals surface area contributed by atoms with Gasteiger partial charge in [-0.25, -0.2) is 0 Å². The van der Waals surface area contributed by atoms with E-state index in [1.807, 2.05) is 36.0 Å². The number of hydrogen-bond donors (Lipinski definition) is 3. The Morgan fingerprint density at radius 1 is 1.21 bits per heavy atom. The van der Waals surface area contributed by atoms with Crippen molar-refractivity contribution in [1.29, 1.82) is 0 Å². The second-order valence-corrected chi connectivity index (χ2v) is 12.3. The molecule has 0 bridgehead atoms. The van der Waals surface area contributed by atoms with Gasteiger partial charge in [-0.2, -0.15) is 23.5 Å². The highest BCUT2D eigenvalue weighted by atomic mass is 32.2. The summed E-state index contributed by atoms with van der Waals surface area (Å²) in [6, 6.07) is 6.89. The maximum absolute atomic E-state index is 13.1. The zero-order valence-electron chi connectivity index (χ0n) is 20.3. The number of carbonyl (C=O) groups excluding carboxylic acids is 2. The summed E-state index contributed by atoms with van der Waals surface area (Å²) in [6.07, 6.45) is 9.69. The van der Waals surface area contributed by atoms with Crippen LogP contribution in [-0.4, -0.2) is 65.6 Å². The van der Waals surface area contributed by atoms with Crippen LogP contribution >= 0.6 is 35.3 Å². The first-order valence-corrected chi connectivity index (χ1v) is 15.8. The Morgan fingerprint density at radius 2 is 1.97 bits per heavy atom. The molecule has 9 heteroatoms. The molecule has 6 nitrogen and oxygen atoms in total. The summed E-state index contributed by atoms with van der Waals surface area (Å²) < 4.78 is 5.20. The third-order valence-corrected chi connectivity index (χ3v) is 9.59. The van der Waals surface area contributed by atoms with Crippen LogP contribution in [0, 0.1) is 5.92 Å². The van der Waals surface area contributed by atoms with Crippen LogP contribution in [0.3, 0.4) is 0 Å². The molecule has 0 spiro atoms. The van der Waals surface area contributed by atoms with Gasteiger partial charge in [0.15, 0.2) is 0 Å². The summed E-state index contributed by atoms with van der Waals surface area (Å²) in [5.74, 6) is 4.83. The van der Waals surface area contributed by atoms with E-state index >= 15 is 0 Å². The van der Waals surface area contributed by atoms with Crippen LogP contribution in [0.25, 0.3) is 0 Å². The summed E-state index contributed by atoms with van der Waals surface area (Å²) in [5, 5.41) is 9.82. The van der Waals surface area contributed by atoms with Gasteiger partial charge in [0.25, 0.3) is 0 Å². The first-order chi connectivity index (χ1) is 16.6. The third-order valence-electron chi connectivity index (χ3n) is 6.37. The quantitative estimate of drug-likeness (QED) is 0.361. The average molecular weight is 526 g/mol. The Morgan fingerprint density at radius 3 is 2.68 bits per heavy atom. The van der Waals surface area contributed by atoms with Crippen LogP contribution in [0.15, 0.2) is 24.3 Å². The number of benzene rings is 1. The second kappa shape index (κ2) is 15.2. The lowest BCUT2D eigenvalue weighted by Gasteiger charge is -2.24. The van der Waals surface area contributed by atoms with E-state index in [1.54, 1.807) is 30.6 Å². The van der Waals surface area contributed by atoms with Crippen molar-refractivity contribution in [2.45, 2.75) is 62.5 Å². The largest absolute Gasteiger partial charge is 0.497 e. The van der Waals surface area contributed by atoms with Gasteiger partial charge in [0.1, 0.15) is 11.8 Å². The number of ether oxygens (including phenoxy) is 1. The van der Waals surface area contributed by atoms with Gasteiger partial charge in [0.2, 0.25) is 11.8 Å². The fraction of sp³-hybridized carbons (Fsp3) is 0.680. The fourth-order valence-corrected chi connectivity index (χ4v) is 7.40. The van der Waals surface area contributed by atoms with Crippen molar-refractivity contribution in [3.8, 4) is 5.75 Å². The van der Waals surface area contributed by atoms with Gasteiger partial charge in [0.05, 0.1) is 18.5 Å². The predicted octanol–water partition coefficient (Wildman–Crippen LogP) is 3.89. The molecule has 1 aromatic rings. The van der Waals surface area contributed by atoms with E-state index in [4.69, 9.17) is 4.74 Å². The molecule has 0 radical (unpaired) electrons. The van der Waals surface area contributed by atoms with E-state index in [2.05, 4.69) is 22.2 Å². The molecular weight excluding hydrogens is 486 g/mol. The lowest BCUT2D eigenvalue weighted by atomic mass is 9.91. The van der Waals surface area contributed by atoms with E-state index in [0.29, 0.717) is 17.7 Å². The standard InChI is InChI=1S/C25H39N3O3S3/c1-31-20-10-8-18(9-11-20)14-26-24(29)21(16-33-15-19-6-4-3-5-7-19)28-25(30)22-17-34-23(27-22)12-13-32-2/h8-11,19,21-23,27H,3-7,12-17H2,1-2H3,(H,26,29)(H,28,30)/t21-,22-,23?/m0/s1. The van der Waals surface area contributed by atoms with Crippen LogP contribution in [0.2, 0.25) is 0 Å². The summed E-state index contributed by atoms with van der Waals surface area (Å²) >= 11 is 5.42. The van der Waals surface area contributed by atoms with Gasteiger partial charge < -0.3 is 15.4 Å². The van der Waals surface area contributed by atoms with Crippen LogP contribution < -0.4 is 20.7 Å². The molecule has 3 N–H and O–H groups in total. The first kappa shape index (κ1) is 27.6. The highest BCUT2D eigenvalue weighted by molar-refractivity contribution is 8.00. The van der Waals surface area contributed by atoms with Gasteiger partial charge in [-0.1, -0.05) is 31.4 Å². The molecule has 3 rings (SSSR count). The van der Waals surface area contributed by atoms with Gasteiger partial charge in [-0.15, -0.1) is 11.8 Å². The molecule has 2 amide bonds. The maximum Gasteiger partial charge on any atom is 0.243 e. The molecule has 1 aliphatic carbocycles. The molecule has 1 aliphatic heterocycles. The lowest BCUT2D eigenvalue weighted by molar-refractivity contribution is -0.129. The number of methoxy groups -OCH3 is 1. The molecule has 1 unspecified atom stereocenters. The van der Waals surface area contributed by atoms with Crippen molar-refractivity contribution < 1.29 is 14.3 Å². The number of amides is 2. The van der Waals surface area contributed by atoms with E-state index in [-0.39, 0.29) is 17.9 Å². The van der Waals surface area contributed by atoms with Crippen LogP contribution in [0.5, 0.6) is 5.75 Å². The van der Waals surface area contributed by atoms with Crippen molar-refractivity contribution in [2.24, 2.45) is 5.92 Å². The molecule has 1 aromatic carbocycles. The summed E-state index contributed by atoms with van der Waals surface area (Å²) in [7, 11) is 1.64. The Bertz CT molecular complexity index is 760. The van der Waals surface area contributed by atoms with Crippen molar-refractivity contribution in [1.82, 2.24) is 16.0 Å². The Kier molecular flexibility index (Phi) is 12.3. The number of thioether (sulfide) groups is 3. The number of carbonyl (C=O) groups is 2. The summed E-state index contributed by atoms with van der Waals surface area (Å²) in [4.78, 5) is 26.1. The van der Waals surface area contributed by atoms with Crippen molar-refractivity contribution in [3.05, 3.63) is 29.8 Å². The predicted molar refractivity (Wildman–Crippen MR) is 147 cm³/mol. The molecule has 3 atom stereocenters. The van der Waals surface area contributed by atoms with E-state index < -0.39 is 6.04 Å². The van der Waals surface area contributed by atoms with Crippen molar-refractivity contribution >= 4 is 47.1 Å².